The van der Waals surface area contributed by atoms with Gasteiger partial charge in [-0.15, -0.1) is 0 Å². The number of amides is 3. The highest BCUT2D eigenvalue weighted by Crippen LogP contribution is 2.41. The van der Waals surface area contributed by atoms with E-state index < -0.39 is 11.2 Å². The molecule has 0 unspecified atom stereocenters. The first kappa shape index (κ1) is 76.9. The van der Waals surface area contributed by atoms with Crippen LogP contribution in [-0.2, 0) is 29.1 Å². The number of piperidine rings is 2. The number of hydrogen-bond acceptors (Lipinski definition) is 21. The lowest BCUT2D eigenvalue weighted by molar-refractivity contribution is -0.0100. The number of hydrogen-bond donors (Lipinski definition) is 8. The average Bonchev–Trinajstić information content (AvgIpc) is 1.62. The van der Waals surface area contributed by atoms with Crippen LogP contribution in [0.15, 0.2) is 147 Å². The molecule has 0 saturated carbocycles. The highest BCUT2D eigenvalue weighted by Gasteiger charge is 2.37. The number of aliphatic hydroxyl groups is 2. The summed E-state index contributed by atoms with van der Waals surface area (Å²) >= 11 is 0. The van der Waals surface area contributed by atoms with Crippen molar-refractivity contribution in [1.82, 2.24) is 68.9 Å². The zero-order valence-electron chi connectivity index (χ0n) is 65.3. The van der Waals surface area contributed by atoms with Crippen LogP contribution in [0.5, 0.6) is 0 Å². The number of carbonyl (C=O) groups excluding carboxylic acids is 3. The molecule has 27 nitrogen and oxygen atoms in total. The molecule has 15 heterocycles. The van der Waals surface area contributed by atoms with Gasteiger partial charge in [-0.2, -0.15) is 0 Å². The van der Waals surface area contributed by atoms with E-state index in [1.54, 1.807) is 109 Å². The van der Waals surface area contributed by atoms with E-state index in [-0.39, 0.29) is 58.2 Å². The molecular formula is C85H91F3N20O7. The van der Waals surface area contributed by atoms with Crippen LogP contribution >= 0.6 is 0 Å². The number of pyridine rings is 6. The molecule has 0 aliphatic carbocycles. The van der Waals surface area contributed by atoms with Crippen molar-refractivity contribution < 1.29 is 47.2 Å². The number of morpholine rings is 1. The Balaban J connectivity index is 0.000000130. The second kappa shape index (κ2) is 31.7. The van der Waals surface area contributed by atoms with Gasteiger partial charge in [-0.3, -0.25) is 27.6 Å². The van der Waals surface area contributed by atoms with Gasteiger partial charge in [-0.25, -0.2) is 43.1 Å². The first-order valence-corrected chi connectivity index (χ1v) is 38.5. The van der Waals surface area contributed by atoms with Gasteiger partial charge in [-0.1, -0.05) is 18.2 Å². The number of aryl methyl sites for hydroxylation is 3. The fourth-order valence-corrected chi connectivity index (χ4v) is 16.7. The molecule has 18 rings (SSSR count). The number of carbonyl (C=O) groups is 3. The Bertz CT molecular complexity index is 5480. The predicted octanol–water partition coefficient (Wildman–Crippen LogP) is 11.1. The van der Waals surface area contributed by atoms with Gasteiger partial charge in [0, 0.05) is 114 Å². The molecule has 3 amide bonds. The number of nitrogens with zero attached hydrogens (tertiary/aromatic N) is 14. The molecule has 9 aromatic heterocycles. The summed E-state index contributed by atoms with van der Waals surface area (Å²) in [6.45, 7) is 13.1. The lowest BCUT2D eigenvalue weighted by Gasteiger charge is -2.41. The Hall–Kier alpha value is -12.1. The minimum atomic E-state index is -0.750. The van der Waals surface area contributed by atoms with E-state index in [4.69, 9.17) is 9.47 Å². The number of methoxy groups -OCH3 is 1. The zero-order chi connectivity index (χ0) is 80.1. The van der Waals surface area contributed by atoms with Crippen LogP contribution in [0.2, 0.25) is 0 Å². The first-order valence-electron chi connectivity index (χ1n) is 38.5. The van der Waals surface area contributed by atoms with Crippen molar-refractivity contribution in [3.63, 3.8) is 0 Å². The number of aromatic nitrogens is 9. The summed E-state index contributed by atoms with van der Waals surface area (Å²) in [4.78, 5) is 75.8. The summed E-state index contributed by atoms with van der Waals surface area (Å²) in [6, 6.07) is 28.2. The van der Waals surface area contributed by atoms with E-state index in [1.807, 2.05) is 117 Å². The SMILES string of the molecule is COC[C@@H]1CN(c2ccc(Nc3ccc(-c4cnc5c(F)c(C)ccn45)c4c3C(=O)NC4)nc2)CCO1.Cc1ccn2c(-c3ccc(Nc4ccc(N5CCC[C@@](O)(CN(C)C)C5)cn4)c4c3CNC4=O)cnc2c1F.Cc1ccn2c(-c3ccc(Nc4ccc(N5CCC[C@](O)(CN(C)C)C5)cn4)c4c3CNC4=O)cnc2c1F. The molecule has 6 aliphatic rings. The van der Waals surface area contributed by atoms with E-state index >= 15 is 0 Å². The number of imidazole rings is 3. The number of nitrogens with one attached hydrogen (secondary N) is 6. The maximum atomic E-state index is 14.6. The van der Waals surface area contributed by atoms with Crippen LogP contribution in [0.25, 0.3) is 50.7 Å². The Morgan fingerprint density at radius 2 is 0.843 bits per heavy atom. The van der Waals surface area contributed by atoms with E-state index in [9.17, 15) is 37.8 Å². The van der Waals surface area contributed by atoms with Crippen LogP contribution in [0.3, 0.4) is 0 Å². The first-order chi connectivity index (χ1) is 55.5. The fourth-order valence-electron chi connectivity index (χ4n) is 16.7. The quantitative estimate of drug-likeness (QED) is 0.0396. The van der Waals surface area contributed by atoms with Crippen LogP contribution < -0.4 is 46.6 Å². The maximum absolute atomic E-state index is 14.6. The number of ether oxygens (including phenoxy) is 2. The fraction of sp³-hybridized carbons (Fsp3) is 0.329. The Kier molecular flexibility index (Phi) is 21.2. The summed E-state index contributed by atoms with van der Waals surface area (Å²) < 4.78 is 59.9. The molecule has 3 aromatic carbocycles. The third-order valence-corrected chi connectivity index (χ3v) is 22.1. The van der Waals surface area contributed by atoms with Gasteiger partial charge in [0.25, 0.3) is 17.7 Å². The summed E-state index contributed by atoms with van der Waals surface area (Å²) in [5.74, 6) is 0.299. The highest BCUT2D eigenvalue weighted by atomic mass is 19.1. The number of benzene rings is 3. The predicted molar refractivity (Wildman–Crippen MR) is 436 cm³/mol. The normalized spacial score (nSPS) is 18.4. The lowest BCUT2D eigenvalue weighted by Crippen LogP contribution is -2.53. The number of fused-ring (bicyclic) bond motifs is 6. The van der Waals surface area contributed by atoms with E-state index in [2.05, 4.69) is 76.5 Å². The Morgan fingerprint density at radius 1 is 0.487 bits per heavy atom. The van der Waals surface area contributed by atoms with Crippen molar-refractivity contribution in [3.8, 4) is 33.8 Å². The van der Waals surface area contributed by atoms with E-state index in [0.29, 0.717) is 127 Å². The topological polar surface area (TPSA) is 289 Å². The molecule has 3 fully saturated rings. The summed E-state index contributed by atoms with van der Waals surface area (Å²) in [5.41, 5.74) is 14.6. The van der Waals surface area contributed by atoms with Gasteiger partial charge in [0.05, 0.1) is 136 Å². The van der Waals surface area contributed by atoms with Gasteiger partial charge in [-0.05, 0) is 181 Å². The second-order valence-corrected chi connectivity index (χ2v) is 31.0. The van der Waals surface area contributed by atoms with Gasteiger partial charge >= 0.3 is 0 Å². The van der Waals surface area contributed by atoms with Gasteiger partial charge < -0.3 is 76.1 Å². The summed E-state index contributed by atoms with van der Waals surface area (Å²) in [6.07, 6.45) is 19.2. The molecule has 3 atom stereocenters. The minimum Gasteiger partial charge on any atom is -0.387 e. The monoisotopic (exact) mass is 1560 g/mol. The minimum absolute atomic E-state index is 0.0320. The van der Waals surface area contributed by atoms with Gasteiger partial charge in [0.2, 0.25) is 0 Å². The molecule has 12 aromatic rings. The van der Waals surface area contributed by atoms with E-state index in [0.717, 1.165) is 119 Å². The Labute approximate surface area is 662 Å². The summed E-state index contributed by atoms with van der Waals surface area (Å²) in [5, 5.41) is 40.7. The molecule has 8 N–H and O–H groups in total. The highest BCUT2D eigenvalue weighted by molar-refractivity contribution is 6.08. The third kappa shape index (κ3) is 15.4. The molecule has 0 spiro atoms. The number of rotatable bonds is 18. The molecule has 115 heavy (non-hydrogen) atoms. The van der Waals surface area contributed by atoms with E-state index in [1.165, 1.54) is 0 Å². The molecular weight excluding hydrogens is 1470 g/mol. The molecule has 594 valence electrons. The van der Waals surface area contributed by atoms with Crippen molar-refractivity contribution in [3.05, 3.63) is 214 Å². The zero-order valence-corrected chi connectivity index (χ0v) is 65.3. The lowest BCUT2D eigenvalue weighted by atomic mass is 9.92. The van der Waals surface area contributed by atoms with Crippen LogP contribution in [0.1, 0.15) is 90.1 Å². The Morgan fingerprint density at radius 3 is 1.17 bits per heavy atom. The van der Waals surface area contributed by atoms with Crippen molar-refractivity contribution in [2.45, 2.75) is 83.4 Å². The number of likely N-dealkylation sites (N-methyl/N-ethyl adjacent to an activating group) is 2. The molecule has 30 heteroatoms. The van der Waals surface area contributed by atoms with Crippen LogP contribution in [0, 0.1) is 38.2 Å². The molecule has 6 aliphatic heterocycles. The largest absolute Gasteiger partial charge is 0.387 e. The average molecular weight is 1560 g/mol. The van der Waals surface area contributed by atoms with Crippen molar-refractivity contribution in [2.75, 3.05) is 132 Å². The van der Waals surface area contributed by atoms with Crippen LogP contribution in [-0.4, -0.2) is 199 Å². The standard InChI is InChI=1S/2C29H32FN7O2.C27H27FN6O3/c2*1-18-9-12-37-23(15-32-27(37)26(18)30)20-6-7-22(25-21(20)14-33-28(25)38)34-24-8-5-19(13-31-24)36-11-4-10-29(39,17-36)16-35(2)3;1-16-7-8-34-22(13-30-26(34)25(16)28)19-4-5-21(24-20(19)12-31-27(24)35)32-23-6-3-17(11-29-23)33-9-10-37-18(14-33)15-36-2/h2*5-9,12-13,15,39H,4,10-11,14,16-17H2,1-3H3,(H,31,34)(H,33,38);3-8,11,13,18H,9-10,12,14-15H2,1-2H3,(H,29,32)(H,31,35)/t2*29-;18-/m100/s1. The molecule has 3 saturated heterocycles. The molecule has 0 bridgehead atoms. The smallest absolute Gasteiger partial charge is 0.254 e. The second-order valence-electron chi connectivity index (χ2n) is 31.0. The molecule has 0 radical (unpaired) electrons. The van der Waals surface area contributed by atoms with Crippen molar-refractivity contribution in [1.29, 1.82) is 0 Å². The maximum Gasteiger partial charge on any atom is 0.254 e. The van der Waals surface area contributed by atoms with Gasteiger partial charge in [0.1, 0.15) is 17.5 Å². The summed E-state index contributed by atoms with van der Waals surface area (Å²) in [7, 11) is 9.57. The van der Waals surface area contributed by atoms with Crippen LogP contribution in [0.4, 0.5) is 64.7 Å². The number of halogens is 3. The number of anilines is 9. The van der Waals surface area contributed by atoms with Crippen molar-refractivity contribution >= 4 is 86.2 Å². The number of β-amino-alcohol motifs (C(OH)–C–C–N with tert-alkyl or cyclic N) is 2. The van der Waals surface area contributed by atoms with Crippen molar-refractivity contribution in [2.24, 2.45) is 0 Å². The third-order valence-electron chi connectivity index (χ3n) is 22.1. The van der Waals surface area contributed by atoms with Gasteiger partial charge in [0.15, 0.2) is 34.4 Å².